The number of piperidine rings is 1. The summed E-state index contributed by atoms with van der Waals surface area (Å²) in [4.78, 5) is 12.0. The van der Waals surface area contributed by atoms with Gasteiger partial charge in [0.1, 0.15) is 0 Å². The first-order valence-corrected chi connectivity index (χ1v) is 8.70. The molecule has 1 heterocycles. The number of hydrogen-bond acceptors (Lipinski definition) is 3. The van der Waals surface area contributed by atoms with E-state index < -0.39 is 10.2 Å². The Morgan fingerprint density at radius 2 is 1.75 bits per heavy atom. The van der Waals surface area contributed by atoms with E-state index in [0.717, 1.165) is 12.8 Å². The molecule has 7 heteroatoms. The lowest BCUT2D eigenvalue weighted by molar-refractivity contribution is -0.126. The summed E-state index contributed by atoms with van der Waals surface area (Å²) in [7, 11) is -0.248. The summed E-state index contributed by atoms with van der Waals surface area (Å²) < 4.78 is 26.7. The van der Waals surface area contributed by atoms with Crippen molar-refractivity contribution in [2.75, 3.05) is 27.2 Å². The molecule has 0 spiro atoms. The SMILES string of the molecule is CCC(CC)C(=O)NC1CCN(S(=O)(=O)N(C)C)CC1. The van der Waals surface area contributed by atoms with E-state index in [1.54, 1.807) is 0 Å². The highest BCUT2D eigenvalue weighted by molar-refractivity contribution is 7.86. The van der Waals surface area contributed by atoms with E-state index in [0.29, 0.717) is 25.9 Å². The van der Waals surface area contributed by atoms with Crippen LogP contribution in [0.25, 0.3) is 0 Å². The molecule has 1 amide bonds. The first-order chi connectivity index (χ1) is 9.32. The molecule has 0 atom stereocenters. The number of nitrogens with one attached hydrogen (secondary N) is 1. The van der Waals surface area contributed by atoms with Crippen molar-refractivity contribution in [2.24, 2.45) is 5.92 Å². The molecule has 0 aliphatic carbocycles. The van der Waals surface area contributed by atoms with Crippen LogP contribution in [-0.4, -0.2) is 56.2 Å². The Morgan fingerprint density at radius 3 is 2.15 bits per heavy atom. The van der Waals surface area contributed by atoms with E-state index in [4.69, 9.17) is 0 Å². The van der Waals surface area contributed by atoms with Crippen LogP contribution in [0.1, 0.15) is 39.5 Å². The Hall–Kier alpha value is -0.660. The molecule has 1 aliphatic rings. The highest BCUT2D eigenvalue weighted by Crippen LogP contribution is 2.16. The number of carbonyl (C=O) groups is 1. The predicted octanol–water partition coefficient (Wildman–Crippen LogP) is 0.810. The van der Waals surface area contributed by atoms with Crippen molar-refractivity contribution in [3.63, 3.8) is 0 Å². The molecule has 0 saturated carbocycles. The minimum absolute atomic E-state index is 0.0681. The second kappa shape index (κ2) is 7.38. The van der Waals surface area contributed by atoms with Gasteiger partial charge in [-0.25, -0.2) is 0 Å². The summed E-state index contributed by atoms with van der Waals surface area (Å²) in [6.07, 6.45) is 3.05. The van der Waals surface area contributed by atoms with Crippen LogP contribution in [-0.2, 0) is 15.0 Å². The molecule has 118 valence electrons. The molecule has 6 nitrogen and oxygen atoms in total. The Bertz CT molecular complexity index is 411. The van der Waals surface area contributed by atoms with Gasteiger partial charge in [0.05, 0.1) is 0 Å². The highest BCUT2D eigenvalue weighted by Gasteiger charge is 2.30. The third-order valence-electron chi connectivity index (χ3n) is 3.94. The smallest absolute Gasteiger partial charge is 0.281 e. The van der Waals surface area contributed by atoms with E-state index in [1.807, 2.05) is 13.8 Å². The van der Waals surface area contributed by atoms with Gasteiger partial charge in [-0.1, -0.05) is 13.8 Å². The largest absolute Gasteiger partial charge is 0.353 e. The van der Waals surface area contributed by atoms with Crippen LogP contribution < -0.4 is 5.32 Å². The Labute approximate surface area is 122 Å². The molecule has 1 N–H and O–H groups in total. The average Bonchev–Trinajstić information content (AvgIpc) is 2.40. The van der Waals surface area contributed by atoms with E-state index >= 15 is 0 Å². The lowest BCUT2D eigenvalue weighted by Crippen LogP contribution is -2.50. The highest BCUT2D eigenvalue weighted by atomic mass is 32.2. The van der Waals surface area contributed by atoms with E-state index in [9.17, 15) is 13.2 Å². The molecule has 0 aromatic heterocycles. The zero-order valence-electron chi connectivity index (χ0n) is 12.9. The molecule has 1 aliphatic heterocycles. The van der Waals surface area contributed by atoms with Crippen molar-refractivity contribution in [1.29, 1.82) is 0 Å². The van der Waals surface area contributed by atoms with Gasteiger partial charge in [0.2, 0.25) is 5.91 Å². The maximum Gasteiger partial charge on any atom is 0.281 e. The summed E-state index contributed by atoms with van der Waals surface area (Å²) in [6.45, 7) is 4.96. The van der Waals surface area contributed by atoms with Gasteiger partial charge in [-0.15, -0.1) is 0 Å². The summed E-state index contributed by atoms with van der Waals surface area (Å²) in [5.41, 5.74) is 0. The zero-order chi connectivity index (χ0) is 15.3. The van der Waals surface area contributed by atoms with Gasteiger partial charge < -0.3 is 5.32 Å². The Morgan fingerprint density at radius 1 is 1.25 bits per heavy atom. The van der Waals surface area contributed by atoms with E-state index in [2.05, 4.69) is 5.32 Å². The molecular weight excluding hydrogens is 278 g/mol. The van der Waals surface area contributed by atoms with Crippen LogP contribution in [0.3, 0.4) is 0 Å². The quantitative estimate of drug-likeness (QED) is 0.789. The zero-order valence-corrected chi connectivity index (χ0v) is 13.7. The first kappa shape index (κ1) is 17.4. The van der Waals surface area contributed by atoms with Crippen molar-refractivity contribution < 1.29 is 13.2 Å². The van der Waals surface area contributed by atoms with Crippen molar-refractivity contribution in [2.45, 2.75) is 45.6 Å². The van der Waals surface area contributed by atoms with Crippen molar-refractivity contribution in [3.8, 4) is 0 Å². The fourth-order valence-corrected chi connectivity index (χ4v) is 3.57. The third-order valence-corrected chi connectivity index (χ3v) is 5.89. The predicted molar refractivity (Wildman–Crippen MR) is 79.4 cm³/mol. The first-order valence-electron chi connectivity index (χ1n) is 7.30. The van der Waals surface area contributed by atoms with Gasteiger partial charge in [0.25, 0.3) is 10.2 Å². The molecule has 1 rings (SSSR count). The average molecular weight is 305 g/mol. The molecular formula is C13H27N3O3S. The number of amides is 1. The normalized spacial score (nSPS) is 18.7. The van der Waals surface area contributed by atoms with Crippen LogP contribution >= 0.6 is 0 Å². The number of hydrogen-bond donors (Lipinski definition) is 1. The molecule has 1 saturated heterocycles. The monoisotopic (exact) mass is 305 g/mol. The van der Waals surface area contributed by atoms with Crippen molar-refractivity contribution in [3.05, 3.63) is 0 Å². The topological polar surface area (TPSA) is 69.7 Å². The van der Waals surface area contributed by atoms with Crippen molar-refractivity contribution in [1.82, 2.24) is 13.9 Å². The maximum atomic E-state index is 12.0. The van der Waals surface area contributed by atoms with Crippen LogP contribution in [0.2, 0.25) is 0 Å². The second-order valence-corrected chi connectivity index (χ2v) is 7.63. The summed E-state index contributed by atoms with van der Waals surface area (Å²) in [5.74, 6) is 0.169. The summed E-state index contributed by atoms with van der Waals surface area (Å²) in [5, 5.41) is 3.05. The number of carbonyl (C=O) groups excluding carboxylic acids is 1. The third kappa shape index (κ3) is 4.17. The fraction of sp³-hybridized carbons (Fsp3) is 0.923. The van der Waals surface area contributed by atoms with Crippen LogP contribution in [0, 0.1) is 5.92 Å². The minimum Gasteiger partial charge on any atom is -0.353 e. The van der Waals surface area contributed by atoms with Gasteiger partial charge in [0.15, 0.2) is 0 Å². The molecule has 20 heavy (non-hydrogen) atoms. The van der Waals surface area contributed by atoms with Gasteiger partial charge in [-0.2, -0.15) is 17.0 Å². The minimum atomic E-state index is -3.32. The Kier molecular flexibility index (Phi) is 6.42. The second-order valence-electron chi connectivity index (χ2n) is 5.49. The Balaban J connectivity index is 2.49. The van der Waals surface area contributed by atoms with Crippen LogP contribution in [0.5, 0.6) is 0 Å². The molecule has 0 unspecified atom stereocenters. The lowest BCUT2D eigenvalue weighted by atomic mass is 10.0. The molecule has 1 fully saturated rings. The van der Waals surface area contributed by atoms with Crippen LogP contribution in [0.4, 0.5) is 0 Å². The number of nitrogens with zero attached hydrogens (tertiary/aromatic N) is 2. The van der Waals surface area contributed by atoms with Crippen molar-refractivity contribution >= 4 is 16.1 Å². The lowest BCUT2D eigenvalue weighted by Gasteiger charge is -2.33. The van der Waals surface area contributed by atoms with Gasteiger partial charge in [-0.3, -0.25) is 4.79 Å². The van der Waals surface area contributed by atoms with Gasteiger partial charge >= 0.3 is 0 Å². The van der Waals surface area contributed by atoms with E-state index in [1.165, 1.54) is 22.7 Å². The van der Waals surface area contributed by atoms with Crippen LogP contribution in [0.15, 0.2) is 0 Å². The summed E-state index contributed by atoms with van der Waals surface area (Å²) in [6, 6.07) is 0.0942. The fourth-order valence-electron chi connectivity index (χ4n) is 2.44. The van der Waals surface area contributed by atoms with E-state index in [-0.39, 0.29) is 17.9 Å². The molecule has 0 aromatic carbocycles. The van der Waals surface area contributed by atoms with Gasteiger partial charge in [-0.05, 0) is 25.7 Å². The molecule has 0 bridgehead atoms. The molecule has 0 radical (unpaired) electrons. The van der Waals surface area contributed by atoms with Gasteiger partial charge in [0, 0.05) is 39.1 Å². The summed E-state index contributed by atoms with van der Waals surface area (Å²) >= 11 is 0. The molecule has 0 aromatic rings. The maximum absolute atomic E-state index is 12.0. The number of rotatable bonds is 6. The standard InChI is InChI=1S/C13H27N3O3S/c1-5-11(6-2)13(17)14-12-7-9-16(10-8-12)20(18,19)15(3)4/h11-12H,5-10H2,1-4H3,(H,14,17).